The molecule has 11 nitrogen and oxygen atoms in total. The van der Waals surface area contributed by atoms with Crippen LogP contribution in [0.4, 0.5) is 11.6 Å². The van der Waals surface area contributed by atoms with Crippen molar-refractivity contribution in [3.8, 4) is 0 Å². The van der Waals surface area contributed by atoms with E-state index in [1.165, 1.54) is 23.7 Å². The molecular formula is C23H23N7O4. The molecule has 0 amide bonds. The van der Waals surface area contributed by atoms with Gasteiger partial charge in [0, 0.05) is 26.2 Å². The van der Waals surface area contributed by atoms with Crippen molar-refractivity contribution in [2.24, 2.45) is 19.2 Å². The molecule has 0 bridgehead atoms. The van der Waals surface area contributed by atoms with E-state index in [0.29, 0.717) is 17.8 Å². The molecule has 0 aliphatic carbocycles. The van der Waals surface area contributed by atoms with E-state index in [0.717, 1.165) is 15.7 Å². The molecule has 2 aromatic heterocycles. The van der Waals surface area contributed by atoms with Gasteiger partial charge >= 0.3 is 5.69 Å². The fourth-order valence-electron chi connectivity index (χ4n) is 3.58. The van der Waals surface area contributed by atoms with Crippen molar-refractivity contribution in [1.82, 2.24) is 18.7 Å². The summed E-state index contributed by atoms with van der Waals surface area (Å²) >= 11 is 0. The molecule has 2 aromatic carbocycles. The Morgan fingerprint density at radius 2 is 1.71 bits per heavy atom. The lowest BCUT2D eigenvalue weighted by molar-refractivity contribution is -0.384. The lowest BCUT2D eigenvalue weighted by Crippen LogP contribution is -2.37. The molecule has 11 heteroatoms. The van der Waals surface area contributed by atoms with Crippen LogP contribution in [0.2, 0.25) is 0 Å². The van der Waals surface area contributed by atoms with Crippen molar-refractivity contribution < 1.29 is 4.92 Å². The molecule has 0 fully saturated rings. The number of aryl methyl sites for hydroxylation is 2. The van der Waals surface area contributed by atoms with Gasteiger partial charge in [-0.1, -0.05) is 29.8 Å². The molecule has 174 valence electrons. The summed E-state index contributed by atoms with van der Waals surface area (Å²) in [7, 11) is 2.99. The number of hydrazone groups is 1. The second-order valence-electron chi connectivity index (χ2n) is 8.00. The molecule has 0 radical (unpaired) electrons. The van der Waals surface area contributed by atoms with Gasteiger partial charge in [0.1, 0.15) is 0 Å². The number of benzene rings is 2. The summed E-state index contributed by atoms with van der Waals surface area (Å²) in [5, 5.41) is 15.3. The third-order valence-electron chi connectivity index (χ3n) is 5.63. The number of hydrogen-bond acceptors (Lipinski definition) is 7. The minimum Gasteiger partial charge on any atom is -0.298 e. The van der Waals surface area contributed by atoms with Gasteiger partial charge in [-0.05, 0) is 37.1 Å². The smallest absolute Gasteiger partial charge is 0.298 e. The van der Waals surface area contributed by atoms with Crippen LogP contribution in [0, 0.1) is 17.0 Å². The number of imidazole rings is 1. The number of hydrogen-bond donors (Lipinski definition) is 1. The Labute approximate surface area is 193 Å². The van der Waals surface area contributed by atoms with Crippen molar-refractivity contribution in [2.75, 3.05) is 5.43 Å². The van der Waals surface area contributed by atoms with Crippen LogP contribution in [0.5, 0.6) is 0 Å². The average molecular weight is 461 g/mol. The fourth-order valence-corrected chi connectivity index (χ4v) is 3.58. The number of nitrogens with one attached hydrogen (secondary N) is 1. The number of nitro benzene ring substituents is 1. The molecular weight excluding hydrogens is 438 g/mol. The Balaban J connectivity index is 1.80. The van der Waals surface area contributed by atoms with E-state index >= 15 is 0 Å². The second-order valence-corrected chi connectivity index (χ2v) is 8.00. The van der Waals surface area contributed by atoms with Gasteiger partial charge in [0.2, 0.25) is 5.95 Å². The molecule has 0 spiro atoms. The van der Waals surface area contributed by atoms with Gasteiger partial charge in [-0.25, -0.2) is 10.2 Å². The van der Waals surface area contributed by atoms with E-state index in [9.17, 15) is 19.7 Å². The average Bonchev–Trinajstić information content (AvgIpc) is 3.19. The second kappa shape index (κ2) is 8.77. The minimum absolute atomic E-state index is 0.0128. The number of anilines is 1. The van der Waals surface area contributed by atoms with Crippen molar-refractivity contribution in [2.45, 2.75) is 20.4 Å². The first kappa shape index (κ1) is 22.6. The molecule has 0 unspecified atom stereocenters. The van der Waals surface area contributed by atoms with Gasteiger partial charge in [0.25, 0.3) is 11.2 Å². The third-order valence-corrected chi connectivity index (χ3v) is 5.63. The summed E-state index contributed by atoms with van der Waals surface area (Å²) < 4.78 is 4.06. The molecule has 0 saturated heterocycles. The highest BCUT2D eigenvalue weighted by Crippen LogP contribution is 2.19. The predicted molar refractivity (Wildman–Crippen MR) is 129 cm³/mol. The molecule has 4 rings (SSSR count). The Morgan fingerprint density at radius 3 is 2.32 bits per heavy atom. The summed E-state index contributed by atoms with van der Waals surface area (Å²) in [6, 6.07) is 13.9. The van der Waals surface area contributed by atoms with Crippen LogP contribution in [0.3, 0.4) is 0 Å². The number of rotatable bonds is 6. The quantitative estimate of drug-likeness (QED) is 0.267. The fraction of sp³-hybridized carbons (Fsp3) is 0.217. The lowest BCUT2D eigenvalue weighted by atomic mass is 10.1. The standard InChI is InChI=1S/C23H23N7O4/c1-14-5-7-16(8-6-14)13-29-19-20(27(3)23(32)28(4)21(19)31)24-22(29)26-25-15(2)17-9-11-18(12-10-17)30(33)34/h5-12H,13H2,1-4H3,(H,24,26)/b25-15+. The molecule has 0 aliphatic rings. The molecule has 0 aliphatic heterocycles. The van der Waals surface area contributed by atoms with Crippen LogP contribution >= 0.6 is 0 Å². The molecule has 0 atom stereocenters. The predicted octanol–water partition coefficient (Wildman–Crippen LogP) is 2.53. The van der Waals surface area contributed by atoms with E-state index in [4.69, 9.17) is 0 Å². The topological polar surface area (TPSA) is 129 Å². The van der Waals surface area contributed by atoms with E-state index in [-0.39, 0.29) is 22.8 Å². The summed E-state index contributed by atoms with van der Waals surface area (Å²) in [5.41, 5.74) is 5.77. The first-order valence-electron chi connectivity index (χ1n) is 10.4. The van der Waals surface area contributed by atoms with E-state index < -0.39 is 16.2 Å². The summed E-state index contributed by atoms with van der Waals surface area (Å²) in [4.78, 5) is 40.3. The normalized spacial score (nSPS) is 11.7. The highest BCUT2D eigenvalue weighted by atomic mass is 16.6. The number of non-ortho nitro benzene ring substituents is 1. The highest BCUT2D eigenvalue weighted by molar-refractivity contribution is 5.99. The third kappa shape index (κ3) is 4.10. The van der Waals surface area contributed by atoms with Crippen LogP contribution in [0.1, 0.15) is 23.6 Å². The minimum atomic E-state index is -0.477. The largest absolute Gasteiger partial charge is 0.332 e. The van der Waals surface area contributed by atoms with Crippen LogP contribution in [0.15, 0.2) is 63.2 Å². The monoisotopic (exact) mass is 461 g/mol. The van der Waals surface area contributed by atoms with E-state index in [1.54, 1.807) is 30.7 Å². The summed E-state index contributed by atoms with van der Waals surface area (Å²) in [5.74, 6) is 0.287. The van der Waals surface area contributed by atoms with Crippen LogP contribution < -0.4 is 16.7 Å². The summed E-state index contributed by atoms with van der Waals surface area (Å²) in [6.07, 6.45) is 0. The maximum atomic E-state index is 13.0. The maximum Gasteiger partial charge on any atom is 0.332 e. The van der Waals surface area contributed by atoms with Crippen molar-refractivity contribution in [3.63, 3.8) is 0 Å². The number of nitrogens with zero attached hydrogens (tertiary/aromatic N) is 6. The molecule has 1 N–H and O–H groups in total. The molecule has 2 heterocycles. The van der Waals surface area contributed by atoms with Gasteiger partial charge in [-0.15, -0.1) is 0 Å². The number of fused-ring (bicyclic) bond motifs is 1. The zero-order valence-corrected chi connectivity index (χ0v) is 19.1. The van der Waals surface area contributed by atoms with Crippen molar-refractivity contribution >= 4 is 28.5 Å². The van der Waals surface area contributed by atoms with Crippen LogP contribution in [-0.4, -0.2) is 29.3 Å². The van der Waals surface area contributed by atoms with Gasteiger partial charge in [0.05, 0.1) is 17.2 Å². The van der Waals surface area contributed by atoms with E-state index in [2.05, 4.69) is 15.5 Å². The Hall–Kier alpha value is -4.54. The number of nitro groups is 1. The molecule has 0 saturated carbocycles. The van der Waals surface area contributed by atoms with Gasteiger partial charge < -0.3 is 0 Å². The highest BCUT2D eigenvalue weighted by Gasteiger charge is 2.19. The van der Waals surface area contributed by atoms with Crippen molar-refractivity contribution in [1.29, 1.82) is 0 Å². The summed E-state index contributed by atoms with van der Waals surface area (Å²) in [6.45, 7) is 4.07. The zero-order chi connectivity index (χ0) is 24.6. The van der Waals surface area contributed by atoms with Crippen LogP contribution in [-0.2, 0) is 20.6 Å². The SMILES string of the molecule is C/C(=N\Nc1nc2c(c(=O)n(C)c(=O)n2C)n1Cc1ccc(C)cc1)c1ccc([N+](=O)[O-])cc1. The van der Waals surface area contributed by atoms with Gasteiger partial charge in [-0.2, -0.15) is 10.1 Å². The van der Waals surface area contributed by atoms with Gasteiger partial charge in [-0.3, -0.25) is 28.6 Å². The van der Waals surface area contributed by atoms with Crippen LogP contribution in [0.25, 0.3) is 11.2 Å². The molecule has 34 heavy (non-hydrogen) atoms. The van der Waals surface area contributed by atoms with E-state index in [1.807, 2.05) is 31.2 Å². The zero-order valence-electron chi connectivity index (χ0n) is 19.1. The lowest BCUT2D eigenvalue weighted by Gasteiger charge is -2.10. The Morgan fingerprint density at radius 1 is 1.06 bits per heavy atom. The number of aromatic nitrogens is 4. The Kier molecular flexibility index (Phi) is 5.84. The first-order chi connectivity index (χ1) is 16.2. The van der Waals surface area contributed by atoms with Gasteiger partial charge in [0.15, 0.2) is 11.2 Å². The Bertz CT molecular complexity index is 1540. The maximum absolute atomic E-state index is 13.0. The van der Waals surface area contributed by atoms with Crippen molar-refractivity contribution in [3.05, 3.63) is 96.2 Å². The molecule has 4 aromatic rings. The first-order valence-corrected chi connectivity index (χ1v) is 10.4.